The van der Waals surface area contributed by atoms with Gasteiger partial charge in [-0.1, -0.05) is 12.1 Å². The van der Waals surface area contributed by atoms with Gasteiger partial charge in [0.25, 0.3) is 11.5 Å². The third kappa shape index (κ3) is 4.28. The van der Waals surface area contributed by atoms with Crippen molar-refractivity contribution in [3.8, 4) is 5.75 Å². The molecule has 1 aliphatic rings. The third-order valence-corrected chi connectivity index (χ3v) is 4.16. The predicted molar refractivity (Wildman–Crippen MR) is 95.2 cm³/mol. The lowest BCUT2D eigenvalue weighted by molar-refractivity contribution is 0.0673. The Morgan fingerprint density at radius 3 is 2.92 bits per heavy atom. The van der Waals surface area contributed by atoms with Crippen molar-refractivity contribution < 1.29 is 14.3 Å². The molecule has 25 heavy (non-hydrogen) atoms. The molecule has 3 rings (SSSR count). The number of amides is 1. The number of ether oxygens (including phenoxy) is 2. The summed E-state index contributed by atoms with van der Waals surface area (Å²) in [6.45, 7) is 3.62. The number of carbonyl (C=O) groups is 1. The fourth-order valence-corrected chi connectivity index (χ4v) is 2.79. The van der Waals surface area contributed by atoms with E-state index in [4.69, 9.17) is 9.47 Å². The summed E-state index contributed by atoms with van der Waals surface area (Å²) < 4.78 is 12.9. The first-order chi connectivity index (χ1) is 12.2. The van der Waals surface area contributed by atoms with Gasteiger partial charge in [-0.3, -0.25) is 9.59 Å². The number of nitrogens with one attached hydrogen (secondary N) is 1. The SMILES string of the molecule is CCn1cc(NC(=O)c2ccccc2OC[C@H]2CCCO2)ccc1=O. The second-order valence-corrected chi connectivity index (χ2v) is 5.94. The molecule has 0 aliphatic carbocycles. The van der Waals surface area contributed by atoms with Gasteiger partial charge in [0.15, 0.2) is 0 Å². The van der Waals surface area contributed by atoms with E-state index in [-0.39, 0.29) is 17.6 Å². The van der Waals surface area contributed by atoms with Gasteiger partial charge in [-0.05, 0) is 38.0 Å². The molecule has 1 aliphatic heterocycles. The number of hydrogen-bond donors (Lipinski definition) is 1. The van der Waals surface area contributed by atoms with Crippen LogP contribution in [0.1, 0.15) is 30.1 Å². The fourth-order valence-electron chi connectivity index (χ4n) is 2.79. The zero-order valence-corrected chi connectivity index (χ0v) is 14.2. The molecule has 132 valence electrons. The fraction of sp³-hybridized carbons (Fsp3) is 0.368. The summed E-state index contributed by atoms with van der Waals surface area (Å²) in [5.74, 6) is 0.253. The summed E-state index contributed by atoms with van der Waals surface area (Å²) in [7, 11) is 0. The average molecular weight is 342 g/mol. The normalized spacial score (nSPS) is 16.6. The Morgan fingerprint density at radius 1 is 1.32 bits per heavy atom. The van der Waals surface area contributed by atoms with Gasteiger partial charge in [-0.15, -0.1) is 0 Å². The number of aromatic nitrogens is 1. The van der Waals surface area contributed by atoms with E-state index >= 15 is 0 Å². The predicted octanol–water partition coefficient (Wildman–Crippen LogP) is 2.68. The van der Waals surface area contributed by atoms with Crippen LogP contribution in [0.15, 0.2) is 47.4 Å². The van der Waals surface area contributed by atoms with Crippen molar-refractivity contribution in [3.63, 3.8) is 0 Å². The zero-order chi connectivity index (χ0) is 17.6. The maximum Gasteiger partial charge on any atom is 0.259 e. The topological polar surface area (TPSA) is 69.6 Å². The van der Waals surface area contributed by atoms with Crippen LogP contribution in [0.5, 0.6) is 5.75 Å². The minimum Gasteiger partial charge on any atom is -0.490 e. The van der Waals surface area contributed by atoms with Crippen LogP contribution in [0.3, 0.4) is 0 Å². The van der Waals surface area contributed by atoms with Crippen molar-refractivity contribution in [2.75, 3.05) is 18.5 Å². The van der Waals surface area contributed by atoms with Gasteiger partial charge >= 0.3 is 0 Å². The van der Waals surface area contributed by atoms with Gasteiger partial charge in [0.05, 0.1) is 17.4 Å². The first-order valence-corrected chi connectivity index (χ1v) is 8.52. The van der Waals surface area contributed by atoms with Gasteiger partial charge < -0.3 is 19.4 Å². The molecule has 2 heterocycles. The van der Waals surface area contributed by atoms with Gasteiger partial charge in [0.1, 0.15) is 12.4 Å². The van der Waals surface area contributed by atoms with Crippen molar-refractivity contribution in [1.82, 2.24) is 4.57 Å². The molecule has 0 spiro atoms. The van der Waals surface area contributed by atoms with E-state index in [0.29, 0.717) is 30.2 Å². The van der Waals surface area contributed by atoms with Crippen LogP contribution in [0.25, 0.3) is 0 Å². The summed E-state index contributed by atoms with van der Waals surface area (Å²) in [6.07, 6.45) is 3.75. The van der Waals surface area contributed by atoms with Gasteiger partial charge in [-0.2, -0.15) is 0 Å². The highest BCUT2D eigenvalue weighted by Crippen LogP contribution is 2.21. The second kappa shape index (κ2) is 7.98. The highest BCUT2D eigenvalue weighted by molar-refractivity contribution is 6.06. The molecule has 1 aromatic carbocycles. The molecule has 0 bridgehead atoms. The summed E-state index contributed by atoms with van der Waals surface area (Å²) in [6, 6.07) is 10.2. The van der Waals surface area contributed by atoms with Crippen LogP contribution in [0, 0.1) is 0 Å². The number of nitrogens with zero attached hydrogens (tertiary/aromatic N) is 1. The van der Waals surface area contributed by atoms with E-state index < -0.39 is 0 Å². The molecule has 6 nitrogen and oxygen atoms in total. The van der Waals surface area contributed by atoms with Crippen LogP contribution >= 0.6 is 0 Å². The molecule has 1 saturated heterocycles. The second-order valence-electron chi connectivity index (χ2n) is 5.94. The Hall–Kier alpha value is -2.60. The first-order valence-electron chi connectivity index (χ1n) is 8.52. The van der Waals surface area contributed by atoms with Crippen molar-refractivity contribution in [1.29, 1.82) is 0 Å². The maximum absolute atomic E-state index is 12.6. The van der Waals surface area contributed by atoms with E-state index in [1.165, 1.54) is 10.6 Å². The van der Waals surface area contributed by atoms with Crippen molar-refractivity contribution >= 4 is 11.6 Å². The summed E-state index contributed by atoms with van der Waals surface area (Å²) in [5.41, 5.74) is 0.927. The van der Waals surface area contributed by atoms with Crippen molar-refractivity contribution in [2.45, 2.75) is 32.4 Å². The van der Waals surface area contributed by atoms with E-state index in [1.807, 2.05) is 13.0 Å². The summed E-state index contributed by atoms with van der Waals surface area (Å²) in [4.78, 5) is 24.2. The van der Waals surface area contributed by atoms with Crippen LogP contribution < -0.4 is 15.6 Å². The number of para-hydroxylation sites is 1. The third-order valence-electron chi connectivity index (χ3n) is 4.16. The molecule has 1 amide bonds. The number of hydrogen-bond acceptors (Lipinski definition) is 4. The molecule has 0 saturated carbocycles. The molecular formula is C19H22N2O4. The van der Waals surface area contributed by atoms with Crippen LogP contribution in [0.2, 0.25) is 0 Å². The molecule has 1 atom stereocenters. The zero-order valence-electron chi connectivity index (χ0n) is 14.2. The van der Waals surface area contributed by atoms with Crippen LogP contribution in [0.4, 0.5) is 5.69 Å². The van der Waals surface area contributed by atoms with E-state index in [0.717, 1.165) is 19.4 Å². The van der Waals surface area contributed by atoms with Gasteiger partial charge in [-0.25, -0.2) is 0 Å². The van der Waals surface area contributed by atoms with Gasteiger partial charge in [0.2, 0.25) is 0 Å². The van der Waals surface area contributed by atoms with E-state index in [2.05, 4.69) is 5.32 Å². The number of pyridine rings is 1. The van der Waals surface area contributed by atoms with E-state index in [1.54, 1.807) is 30.5 Å². The number of aryl methyl sites for hydroxylation is 1. The van der Waals surface area contributed by atoms with Crippen molar-refractivity contribution in [3.05, 3.63) is 58.5 Å². The Kier molecular flexibility index (Phi) is 5.50. The van der Waals surface area contributed by atoms with Crippen LogP contribution in [-0.2, 0) is 11.3 Å². The summed E-state index contributed by atoms with van der Waals surface area (Å²) in [5, 5.41) is 2.82. The monoisotopic (exact) mass is 342 g/mol. The first kappa shape index (κ1) is 17.2. The molecule has 1 fully saturated rings. The van der Waals surface area contributed by atoms with Crippen LogP contribution in [-0.4, -0.2) is 29.8 Å². The Labute approximate surface area is 146 Å². The minimum atomic E-state index is -0.274. The number of carbonyl (C=O) groups excluding carboxylic acids is 1. The standard InChI is InChI=1S/C19H22N2O4/c1-2-21-12-14(9-10-18(21)22)20-19(23)16-7-3-4-8-17(16)25-13-15-6-5-11-24-15/h3-4,7-10,12,15H,2,5-6,11,13H2,1H3,(H,20,23)/t15-/m1/s1. The molecule has 1 aromatic heterocycles. The molecular weight excluding hydrogens is 320 g/mol. The smallest absolute Gasteiger partial charge is 0.259 e. The number of rotatable bonds is 6. The number of benzene rings is 1. The quantitative estimate of drug-likeness (QED) is 0.876. The lowest BCUT2D eigenvalue weighted by Gasteiger charge is -2.15. The van der Waals surface area contributed by atoms with E-state index in [9.17, 15) is 9.59 Å². The molecule has 0 unspecified atom stereocenters. The summed E-state index contributed by atoms with van der Waals surface area (Å²) >= 11 is 0. The molecule has 1 N–H and O–H groups in total. The average Bonchev–Trinajstić information content (AvgIpc) is 3.15. The highest BCUT2D eigenvalue weighted by atomic mass is 16.5. The minimum absolute atomic E-state index is 0.0872. The molecule has 2 aromatic rings. The van der Waals surface area contributed by atoms with Crippen molar-refractivity contribution in [2.24, 2.45) is 0 Å². The number of anilines is 1. The lowest BCUT2D eigenvalue weighted by Crippen LogP contribution is -2.21. The Balaban J connectivity index is 1.72. The highest BCUT2D eigenvalue weighted by Gasteiger charge is 2.18. The lowest BCUT2D eigenvalue weighted by atomic mass is 10.2. The molecule has 6 heteroatoms. The largest absolute Gasteiger partial charge is 0.490 e. The maximum atomic E-state index is 12.6. The Bertz CT molecular complexity index is 794. The van der Waals surface area contributed by atoms with Gasteiger partial charge in [0, 0.05) is 25.4 Å². The molecule has 0 radical (unpaired) electrons. The Morgan fingerprint density at radius 2 is 2.16 bits per heavy atom.